The molecule has 0 atom stereocenters. The summed E-state index contributed by atoms with van der Waals surface area (Å²) in [6.45, 7) is 2.64. The van der Waals surface area contributed by atoms with Crippen LogP contribution >= 0.6 is 0 Å². The first kappa shape index (κ1) is 22.7. The van der Waals surface area contributed by atoms with Crippen molar-refractivity contribution in [1.82, 2.24) is 4.90 Å². The average molecular weight is 472 g/mol. The Kier molecular flexibility index (Phi) is 6.33. The molecule has 172 valence electrons. The second kappa shape index (κ2) is 9.19. The topological polar surface area (TPSA) is 69.7 Å². The molecule has 0 aliphatic carbocycles. The van der Waals surface area contributed by atoms with Crippen LogP contribution in [0, 0.1) is 18.6 Å². The zero-order valence-electron chi connectivity index (χ0n) is 18.0. The standard InChI is InChI=1S/C24H23F2N3O3S/c1-17-10-11-21(15-23(17)26)33(31,32)27-19-7-4-8-20(14-19)29-13-5-12-28(24(29)30)16-18-6-2-3-9-22(18)25/h2-4,6-11,14-15,27H,5,12-13,16H2,1H3. The maximum atomic E-state index is 14.0. The number of carbonyl (C=O) groups excluding carboxylic acids is 1. The highest BCUT2D eigenvalue weighted by atomic mass is 32.2. The third-order valence-electron chi connectivity index (χ3n) is 5.49. The number of amides is 2. The Morgan fingerprint density at radius 2 is 1.73 bits per heavy atom. The number of urea groups is 1. The second-order valence-corrected chi connectivity index (χ2v) is 9.55. The molecule has 0 radical (unpaired) electrons. The summed E-state index contributed by atoms with van der Waals surface area (Å²) < 4.78 is 55.7. The minimum absolute atomic E-state index is 0.146. The molecular weight excluding hydrogens is 448 g/mol. The van der Waals surface area contributed by atoms with Crippen LogP contribution in [0.4, 0.5) is 25.0 Å². The van der Waals surface area contributed by atoms with Gasteiger partial charge in [-0.05, 0) is 55.3 Å². The molecule has 0 saturated carbocycles. The molecule has 1 saturated heterocycles. The van der Waals surface area contributed by atoms with E-state index in [0.29, 0.717) is 36.3 Å². The Bertz CT molecular complexity index is 1300. The molecule has 3 aromatic carbocycles. The van der Waals surface area contributed by atoms with E-state index in [4.69, 9.17) is 0 Å². The Labute approximate surface area is 191 Å². The molecule has 2 amide bonds. The molecule has 6 nitrogen and oxygen atoms in total. The van der Waals surface area contributed by atoms with Gasteiger partial charge in [0.1, 0.15) is 11.6 Å². The van der Waals surface area contributed by atoms with Gasteiger partial charge in [0.05, 0.1) is 17.1 Å². The van der Waals surface area contributed by atoms with Crippen molar-refractivity contribution in [2.75, 3.05) is 22.7 Å². The van der Waals surface area contributed by atoms with Gasteiger partial charge >= 0.3 is 6.03 Å². The number of benzene rings is 3. The van der Waals surface area contributed by atoms with Crippen molar-refractivity contribution >= 4 is 27.4 Å². The van der Waals surface area contributed by atoms with Crippen molar-refractivity contribution in [3.63, 3.8) is 0 Å². The van der Waals surface area contributed by atoms with Gasteiger partial charge in [0.2, 0.25) is 0 Å². The summed E-state index contributed by atoms with van der Waals surface area (Å²) >= 11 is 0. The zero-order valence-corrected chi connectivity index (χ0v) is 18.8. The summed E-state index contributed by atoms with van der Waals surface area (Å²) in [5.41, 5.74) is 1.53. The second-order valence-electron chi connectivity index (χ2n) is 7.87. The van der Waals surface area contributed by atoms with Crippen LogP contribution in [-0.4, -0.2) is 32.4 Å². The highest BCUT2D eigenvalue weighted by molar-refractivity contribution is 7.92. The molecule has 1 N–H and O–H groups in total. The van der Waals surface area contributed by atoms with E-state index in [0.717, 1.165) is 6.07 Å². The van der Waals surface area contributed by atoms with Gasteiger partial charge in [-0.15, -0.1) is 0 Å². The highest BCUT2D eigenvalue weighted by Crippen LogP contribution is 2.26. The van der Waals surface area contributed by atoms with Crippen LogP contribution in [0.5, 0.6) is 0 Å². The van der Waals surface area contributed by atoms with E-state index >= 15 is 0 Å². The Morgan fingerprint density at radius 1 is 0.939 bits per heavy atom. The predicted molar refractivity (Wildman–Crippen MR) is 123 cm³/mol. The lowest BCUT2D eigenvalue weighted by Gasteiger charge is -2.36. The minimum atomic E-state index is -4.02. The zero-order chi connectivity index (χ0) is 23.6. The first-order valence-electron chi connectivity index (χ1n) is 10.4. The fraction of sp³-hybridized carbons (Fsp3) is 0.208. The lowest BCUT2D eigenvalue weighted by Crippen LogP contribution is -2.49. The van der Waals surface area contributed by atoms with Crippen LogP contribution in [0.2, 0.25) is 0 Å². The third-order valence-corrected chi connectivity index (χ3v) is 6.87. The molecule has 0 unspecified atom stereocenters. The smallest absolute Gasteiger partial charge is 0.320 e. The molecule has 4 rings (SSSR count). The van der Waals surface area contributed by atoms with Crippen molar-refractivity contribution < 1.29 is 22.0 Å². The number of anilines is 2. The van der Waals surface area contributed by atoms with Crippen molar-refractivity contribution in [3.05, 3.63) is 89.5 Å². The summed E-state index contributed by atoms with van der Waals surface area (Å²) in [5, 5.41) is 0. The summed E-state index contributed by atoms with van der Waals surface area (Å²) in [6, 6.07) is 16.2. The van der Waals surface area contributed by atoms with Gasteiger partial charge in [-0.3, -0.25) is 9.62 Å². The van der Waals surface area contributed by atoms with Gasteiger partial charge < -0.3 is 4.90 Å². The van der Waals surface area contributed by atoms with Gasteiger partial charge in [0.15, 0.2) is 0 Å². The Hall–Kier alpha value is -3.46. The predicted octanol–water partition coefficient (Wildman–Crippen LogP) is 4.91. The normalized spacial score (nSPS) is 14.5. The first-order valence-corrected chi connectivity index (χ1v) is 11.9. The number of halogens is 2. The van der Waals surface area contributed by atoms with Crippen LogP contribution in [-0.2, 0) is 16.6 Å². The lowest BCUT2D eigenvalue weighted by molar-refractivity contribution is 0.192. The van der Waals surface area contributed by atoms with E-state index in [2.05, 4.69) is 4.72 Å². The summed E-state index contributed by atoms with van der Waals surface area (Å²) in [5.74, 6) is -0.980. The Morgan fingerprint density at radius 3 is 2.48 bits per heavy atom. The molecule has 1 aliphatic rings. The largest absolute Gasteiger partial charge is 0.324 e. The van der Waals surface area contributed by atoms with Gasteiger partial charge in [-0.25, -0.2) is 22.0 Å². The molecule has 1 fully saturated rings. The number of aryl methyl sites for hydroxylation is 1. The number of nitrogens with one attached hydrogen (secondary N) is 1. The lowest BCUT2D eigenvalue weighted by atomic mass is 10.1. The molecule has 0 aromatic heterocycles. The number of hydrogen-bond acceptors (Lipinski definition) is 3. The van der Waals surface area contributed by atoms with Crippen molar-refractivity contribution in [3.8, 4) is 0 Å². The number of nitrogens with zero attached hydrogens (tertiary/aromatic N) is 2. The number of rotatable bonds is 6. The fourth-order valence-electron chi connectivity index (χ4n) is 3.69. The molecule has 1 aliphatic heterocycles. The molecule has 3 aromatic rings. The van der Waals surface area contributed by atoms with E-state index in [1.807, 2.05) is 0 Å². The number of carbonyl (C=O) groups is 1. The van der Waals surface area contributed by atoms with E-state index in [1.54, 1.807) is 54.3 Å². The average Bonchev–Trinajstić information content (AvgIpc) is 2.78. The number of sulfonamides is 1. The highest BCUT2D eigenvalue weighted by Gasteiger charge is 2.28. The molecule has 9 heteroatoms. The molecule has 0 spiro atoms. The van der Waals surface area contributed by atoms with Crippen LogP contribution in [0.3, 0.4) is 0 Å². The monoisotopic (exact) mass is 471 g/mol. The molecular formula is C24H23F2N3O3S. The molecule has 1 heterocycles. The Balaban J connectivity index is 1.53. The maximum absolute atomic E-state index is 14.0. The van der Waals surface area contributed by atoms with E-state index in [-0.39, 0.29) is 29.0 Å². The van der Waals surface area contributed by atoms with E-state index < -0.39 is 15.8 Å². The SMILES string of the molecule is Cc1ccc(S(=O)(=O)Nc2cccc(N3CCCN(Cc4ccccc4F)C3=O)c2)cc1F. The van der Waals surface area contributed by atoms with E-state index in [9.17, 15) is 22.0 Å². The first-order chi connectivity index (χ1) is 15.7. The summed E-state index contributed by atoms with van der Waals surface area (Å²) in [4.78, 5) is 16.0. The van der Waals surface area contributed by atoms with Gasteiger partial charge in [0, 0.05) is 24.3 Å². The van der Waals surface area contributed by atoms with Gasteiger partial charge in [-0.1, -0.05) is 30.3 Å². The summed E-state index contributed by atoms with van der Waals surface area (Å²) in [6.07, 6.45) is 0.679. The summed E-state index contributed by atoms with van der Waals surface area (Å²) in [7, 11) is -4.02. The fourth-order valence-corrected chi connectivity index (χ4v) is 4.75. The molecule has 0 bridgehead atoms. The van der Waals surface area contributed by atoms with E-state index in [1.165, 1.54) is 23.1 Å². The van der Waals surface area contributed by atoms with Crippen molar-refractivity contribution in [1.29, 1.82) is 0 Å². The third kappa shape index (κ3) is 4.98. The number of hydrogen-bond donors (Lipinski definition) is 1. The molecule has 33 heavy (non-hydrogen) atoms. The van der Waals surface area contributed by atoms with Gasteiger partial charge in [-0.2, -0.15) is 0 Å². The van der Waals surface area contributed by atoms with Crippen molar-refractivity contribution in [2.45, 2.75) is 24.8 Å². The van der Waals surface area contributed by atoms with Crippen LogP contribution in [0.15, 0.2) is 71.6 Å². The minimum Gasteiger partial charge on any atom is -0.320 e. The maximum Gasteiger partial charge on any atom is 0.324 e. The van der Waals surface area contributed by atoms with Crippen LogP contribution < -0.4 is 9.62 Å². The quantitative estimate of drug-likeness (QED) is 0.556. The van der Waals surface area contributed by atoms with Gasteiger partial charge in [0.25, 0.3) is 10.0 Å². The van der Waals surface area contributed by atoms with Crippen LogP contribution in [0.1, 0.15) is 17.5 Å². The van der Waals surface area contributed by atoms with Crippen molar-refractivity contribution in [2.24, 2.45) is 0 Å². The van der Waals surface area contributed by atoms with Crippen LogP contribution in [0.25, 0.3) is 0 Å².